The molecule has 1 aromatic carbocycles. The second-order valence-electron chi connectivity index (χ2n) is 5.46. The highest BCUT2D eigenvalue weighted by Gasteiger charge is 2.15. The van der Waals surface area contributed by atoms with E-state index in [0.29, 0.717) is 10.8 Å². The van der Waals surface area contributed by atoms with Crippen molar-refractivity contribution in [1.29, 1.82) is 0 Å². The fraction of sp³-hybridized carbons (Fsp3) is 0.312. The van der Waals surface area contributed by atoms with Gasteiger partial charge in [-0.3, -0.25) is 0 Å². The zero-order valence-electron chi connectivity index (χ0n) is 12.2. The minimum atomic E-state index is 0.342. The standard InChI is InChI=1S/C16H18N4S/c1-9-10(2)19-20-16(14(9)15(17)21)18-13-7-6-11-4-3-5-12(11)8-13/h6-8H,3-5H2,1-2H3,(H2,17,21)(H,18,20). The first kappa shape index (κ1) is 13.9. The molecule has 108 valence electrons. The van der Waals surface area contributed by atoms with E-state index in [0.717, 1.165) is 28.9 Å². The van der Waals surface area contributed by atoms with E-state index in [2.05, 4.69) is 33.7 Å². The Bertz CT molecular complexity index is 724. The quantitative estimate of drug-likeness (QED) is 0.853. The van der Waals surface area contributed by atoms with Gasteiger partial charge in [0.05, 0.1) is 11.3 Å². The predicted molar refractivity (Wildman–Crippen MR) is 89.1 cm³/mol. The number of nitrogens with two attached hydrogens (primary N) is 1. The van der Waals surface area contributed by atoms with Crippen molar-refractivity contribution in [3.8, 4) is 0 Å². The van der Waals surface area contributed by atoms with Gasteiger partial charge in [-0.05, 0) is 61.9 Å². The topological polar surface area (TPSA) is 63.8 Å². The van der Waals surface area contributed by atoms with Crippen LogP contribution in [0.15, 0.2) is 18.2 Å². The lowest BCUT2D eigenvalue weighted by atomic mass is 10.1. The normalized spacial score (nSPS) is 13.0. The molecule has 1 aliphatic carbocycles. The number of benzene rings is 1. The van der Waals surface area contributed by atoms with Crippen LogP contribution in [0.2, 0.25) is 0 Å². The number of aryl methyl sites for hydroxylation is 3. The Morgan fingerprint density at radius 3 is 2.71 bits per heavy atom. The van der Waals surface area contributed by atoms with Crippen LogP contribution < -0.4 is 11.1 Å². The minimum Gasteiger partial charge on any atom is -0.389 e. The van der Waals surface area contributed by atoms with Gasteiger partial charge in [0.15, 0.2) is 5.82 Å². The third-order valence-corrected chi connectivity index (χ3v) is 4.27. The maximum atomic E-state index is 5.85. The van der Waals surface area contributed by atoms with Crippen LogP contribution in [0.5, 0.6) is 0 Å². The molecule has 3 N–H and O–H groups in total. The SMILES string of the molecule is Cc1nnc(Nc2ccc3c(c2)CCC3)c(C(N)=S)c1C. The minimum absolute atomic E-state index is 0.342. The first-order valence-electron chi connectivity index (χ1n) is 7.09. The van der Waals surface area contributed by atoms with E-state index < -0.39 is 0 Å². The van der Waals surface area contributed by atoms with Crippen LogP contribution >= 0.6 is 12.2 Å². The number of fused-ring (bicyclic) bond motifs is 1. The number of nitrogens with one attached hydrogen (secondary N) is 1. The van der Waals surface area contributed by atoms with Crippen molar-refractivity contribution in [3.05, 3.63) is 46.1 Å². The van der Waals surface area contributed by atoms with E-state index in [4.69, 9.17) is 18.0 Å². The summed E-state index contributed by atoms with van der Waals surface area (Å²) in [6, 6.07) is 6.44. The van der Waals surface area contributed by atoms with Crippen LogP contribution in [0.3, 0.4) is 0 Å². The van der Waals surface area contributed by atoms with E-state index in [9.17, 15) is 0 Å². The van der Waals surface area contributed by atoms with Crippen molar-refractivity contribution in [1.82, 2.24) is 10.2 Å². The molecule has 1 aliphatic rings. The van der Waals surface area contributed by atoms with Gasteiger partial charge in [0, 0.05) is 5.69 Å². The number of hydrogen-bond acceptors (Lipinski definition) is 4. The molecule has 0 spiro atoms. The number of nitrogens with zero attached hydrogens (tertiary/aromatic N) is 2. The summed E-state index contributed by atoms with van der Waals surface area (Å²) in [5.41, 5.74) is 12.3. The molecule has 0 atom stereocenters. The number of rotatable bonds is 3. The van der Waals surface area contributed by atoms with E-state index in [1.807, 2.05) is 13.8 Å². The van der Waals surface area contributed by atoms with Crippen LogP contribution in [0.1, 0.15) is 34.4 Å². The van der Waals surface area contributed by atoms with E-state index in [1.54, 1.807) is 0 Å². The average molecular weight is 298 g/mol. The summed E-state index contributed by atoms with van der Waals surface area (Å²) in [5.74, 6) is 0.628. The van der Waals surface area contributed by atoms with Crippen molar-refractivity contribution >= 4 is 28.7 Å². The van der Waals surface area contributed by atoms with Gasteiger partial charge in [0.25, 0.3) is 0 Å². The molecule has 0 amide bonds. The van der Waals surface area contributed by atoms with Gasteiger partial charge in [0.2, 0.25) is 0 Å². The molecule has 4 nitrogen and oxygen atoms in total. The molecule has 21 heavy (non-hydrogen) atoms. The first-order valence-corrected chi connectivity index (χ1v) is 7.49. The van der Waals surface area contributed by atoms with Crippen molar-refractivity contribution in [2.45, 2.75) is 33.1 Å². The highest BCUT2D eigenvalue weighted by molar-refractivity contribution is 7.80. The molecule has 0 fully saturated rings. The number of aromatic nitrogens is 2. The average Bonchev–Trinajstić information content (AvgIpc) is 2.90. The zero-order valence-corrected chi connectivity index (χ0v) is 13.0. The number of anilines is 2. The maximum absolute atomic E-state index is 5.85. The van der Waals surface area contributed by atoms with E-state index >= 15 is 0 Å². The Morgan fingerprint density at radius 1 is 1.19 bits per heavy atom. The maximum Gasteiger partial charge on any atom is 0.163 e. The van der Waals surface area contributed by atoms with Crippen molar-refractivity contribution in [2.75, 3.05) is 5.32 Å². The second-order valence-corrected chi connectivity index (χ2v) is 5.90. The van der Waals surface area contributed by atoms with Crippen LogP contribution in [-0.2, 0) is 12.8 Å². The molecular formula is C16H18N4S. The van der Waals surface area contributed by atoms with Gasteiger partial charge in [-0.2, -0.15) is 5.10 Å². The summed E-state index contributed by atoms with van der Waals surface area (Å²) in [5, 5.41) is 11.7. The molecule has 0 unspecified atom stereocenters. The first-order chi connectivity index (χ1) is 10.1. The van der Waals surface area contributed by atoms with Crippen LogP contribution in [0.25, 0.3) is 0 Å². The third-order valence-electron chi connectivity index (χ3n) is 4.06. The van der Waals surface area contributed by atoms with Gasteiger partial charge in [-0.1, -0.05) is 18.3 Å². The molecule has 1 heterocycles. The number of hydrogen-bond donors (Lipinski definition) is 2. The molecule has 0 aliphatic heterocycles. The highest BCUT2D eigenvalue weighted by Crippen LogP contribution is 2.27. The molecule has 2 aromatic rings. The predicted octanol–water partition coefficient (Wildman–Crippen LogP) is 2.96. The van der Waals surface area contributed by atoms with Gasteiger partial charge in [0.1, 0.15) is 4.99 Å². The van der Waals surface area contributed by atoms with Crippen LogP contribution in [0, 0.1) is 13.8 Å². The van der Waals surface area contributed by atoms with Crippen molar-refractivity contribution in [3.63, 3.8) is 0 Å². The Morgan fingerprint density at radius 2 is 1.95 bits per heavy atom. The largest absolute Gasteiger partial charge is 0.389 e. The summed E-state index contributed by atoms with van der Waals surface area (Å²) >= 11 is 5.16. The zero-order chi connectivity index (χ0) is 15.0. The lowest BCUT2D eigenvalue weighted by Gasteiger charge is -2.14. The van der Waals surface area contributed by atoms with Gasteiger partial charge in [-0.25, -0.2) is 0 Å². The second kappa shape index (κ2) is 5.41. The van der Waals surface area contributed by atoms with Crippen LogP contribution in [-0.4, -0.2) is 15.2 Å². The molecule has 5 heteroatoms. The Labute approximate surface area is 129 Å². The summed E-state index contributed by atoms with van der Waals surface area (Å²) in [6.07, 6.45) is 3.56. The molecule has 1 aromatic heterocycles. The fourth-order valence-electron chi connectivity index (χ4n) is 2.78. The van der Waals surface area contributed by atoms with Crippen molar-refractivity contribution in [2.24, 2.45) is 5.73 Å². The lowest BCUT2D eigenvalue weighted by molar-refractivity contribution is 0.912. The molecule has 0 saturated heterocycles. The monoisotopic (exact) mass is 298 g/mol. The summed E-state index contributed by atoms with van der Waals surface area (Å²) in [6.45, 7) is 3.87. The summed E-state index contributed by atoms with van der Waals surface area (Å²) in [4.78, 5) is 0.342. The molecule has 0 radical (unpaired) electrons. The van der Waals surface area contributed by atoms with E-state index in [1.165, 1.54) is 24.0 Å². The fourth-order valence-corrected chi connectivity index (χ4v) is 3.03. The van der Waals surface area contributed by atoms with Gasteiger partial charge < -0.3 is 11.1 Å². The lowest BCUT2D eigenvalue weighted by Crippen LogP contribution is -2.16. The smallest absolute Gasteiger partial charge is 0.163 e. The Kier molecular flexibility index (Phi) is 3.59. The summed E-state index contributed by atoms with van der Waals surface area (Å²) < 4.78 is 0. The molecule has 3 rings (SSSR count). The van der Waals surface area contributed by atoms with Gasteiger partial charge >= 0.3 is 0 Å². The molecular weight excluding hydrogens is 280 g/mol. The Hall–Kier alpha value is -2.01. The molecule has 0 saturated carbocycles. The van der Waals surface area contributed by atoms with Crippen LogP contribution in [0.4, 0.5) is 11.5 Å². The van der Waals surface area contributed by atoms with E-state index in [-0.39, 0.29) is 0 Å². The highest BCUT2D eigenvalue weighted by atomic mass is 32.1. The molecule has 0 bridgehead atoms. The van der Waals surface area contributed by atoms with Crippen molar-refractivity contribution < 1.29 is 0 Å². The third kappa shape index (κ3) is 2.61. The van der Waals surface area contributed by atoms with Gasteiger partial charge in [-0.15, -0.1) is 5.10 Å². The Balaban J connectivity index is 1.98. The summed E-state index contributed by atoms with van der Waals surface area (Å²) in [7, 11) is 0. The number of thiocarbonyl (C=S) groups is 1.